The van der Waals surface area contributed by atoms with Gasteiger partial charge in [0.25, 0.3) is 0 Å². The first kappa shape index (κ1) is 15.1. The number of carbonyl (C=O) groups is 2. The highest BCUT2D eigenvalue weighted by Gasteiger charge is 2.35. The molecule has 0 fully saturated rings. The molecule has 5 nitrogen and oxygen atoms in total. The summed E-state index contributed by atoms with van der Waals surface area (Å²) in [6, 6.07) is 7.48. The van der Waals surface area contributed by atoms with E-state index in [-0.39, 0.29) is 11.7 Å². The van der Waals surface area contributed by atoms with Gasteiger partial charge >= 0.3 is 5.97 Å². The number of nitrogens with one attached hydrogen (secondary N) is 1. The maximum absolute atomic E-state index is 12.1. The molecule has 0 saturated carbocycles. The molecule has 112 valence electrons. The molecule has 0 bridgehead atoms. The predicted molar refractivity (Wildman–Crippen MR) is 79.0 cm³/mol. The van der Waals surface area contributed by atoms with Gasteiger partial charge in [-0.2, -0.15) is 0 Å². The monoisotopic (exact) mass is 289 g/mol. The number of benzene rings is 1. The quantitative estimate of drug-likeness (QED) is 0.681. The second-order valence-corrected chi connectivity index (χ2v) is 5.08. The fraction of sp³-hybridized carbons (Fsp3) is 0.375. The Morgan fingerprint density at radius 3 is 2.62 bits per heavy atom. The fourth-order valence-electron chi connectivity index (χ4n) is 2.55. The van der Waals surface area contributed by atoms with Crippen LogP contribution in [0, 0.1) is 11.8 Å². The fourth-order valence-corrected chi connectivity index (χ4v) is 2.55. The minimum Gasteiger partial charge on any atom is -0.495 e. The first-order valence-corrected chi connectivity index (χ1v) is 6.79. The molecule has 1 aromatic carbocycles. The van der Waals surface area contributed by atoms with Crippen molar-refractivity contribution in [2.24, 2.45) is 11.8 Å². The number of ketones is 1. The Morgan fingerprint density at radius 2 is 2.00 bits per heavy atom. The smallest absolute Gasteiger partial charge is 0.316 e. The number of anilines is 1. The molecule has 1 aromatic rings. The Bertz CT molecular complexity index is 579. The van der Waals surface area contributed by atoms with Crippen LogP contribution in [-0.2, 0) is 14.3 Å². The lowest BCUT2D eigenvalue weighted by atomic mass is 9.82. The molecular formula is C16H19NO4. The van der Waals surface area contributed by atoms with Crippen LogP contribution >= 0.6 is 0 Å². The van der Waals surface area contributed by atoms with E-state index in [1.54, 1.807) is 7.11 Å². The molecule has 0 aromatic heterocycles. The van der Waals surface area contributed by atoms with Crippen LogP contribution in [0.3, 0.4) is 0 Å². The average molecular weight is 289 g/mol. The SMILES string of the molecule is COC(=O)[C@@H]1C(=O)C=C(Nc2ccccc2OC)C[C@H]1C. The van der Waals surface area contributed by atoms with E-state index in [2.05, 4.69) is 5.32 Å². The number of methoxy groups -OCH3 is 2. The molecule has 2 rings (SSSR count). The van der Waals surface area contributed by atoms with Crippen LogP contribution in [0.1, 0.15) is 13.3 Å². The van der Waals surface area contributed by atoms with Gasteiger partial charge in [0.1, 0.15) is 11.7 Å². The Hall–Kier alpha value is -2.30. The van der Waals surface area contributed by atoms with Crippen molar-refractivity contribution in [2.45, 2.75) is 13.3 Å². The summed E-state index contributed by atoms with van der Waals surface area (Å²) in [7, 11) is 2.89. The first-order valence-electron chi connectivity index (χ1n) is 6.79. The minimum absolute atomic E-state index is 0.104. The summed E-state index contributed by atoms with van der Waals surface area (Å²) >= 11 is 0. The van der Waals surface area contributed by atoms with E-state index in [0.29, 0.717) is 12.2 Å². The number of ether oxygens (including phenoxy) is 2. The third kappa shape index (κ3) is 3.24. The van der Waals surface area contributed by atoms with Gasteiger partial charge in [-0.25, -0.2) is 0 Å². The van der Waals surface area contributed by atoms with Gasteiger partial charge < -0.3 is 14.8 Å². The maximum Gasteiger partial charge on any atom is 0.316 e. The number of rotatable bonds is 4. The first-order chi connectivity index (χ1) is 10.1. The summed E-state index contributed by atoms with van der Waals surface area (Å²) in [5.74, 6) is -0.808. The number of hydrogen-bond donors (Lipinski definition) is 1. The van der Waals surface area contributed by atoms with Crippen LogP contribution in [0.5, 0.6) is 5.75 Å². The van der Waals surface area contributed by atoms with Gasteiger partial charge in [-0.05, 0) is 24.5 Å². The van der Waals surface area contributed by atoms with Crippen molar-refractivity contribution in [3.05, 3.63) is 36.0 Å². The molecular weight excluding hydrogens is 270 g/mol. The molecule has 0 radical (unpaired) electrons. The third-order valence-electron chi connectivity index (χ3n) is 3.59. The molecule has 0 aliphatic heterocycles. The van der Waals surface area contributed by atoms with E-state index in [1.807, 2.05) is 31.2 Å². The van der Waals surface area contributed by atoms with Crippen LogP contribution in [0.4, 0.5) is 5.69 Å². The van der Waals surface area contributed by atoms with Crippen molar-refractivity contribution in [3.8, 4) is 5.75 Å². The predicted octanol–water partition coefficient (Wildman–Crippen LogP) is 2.39. The van der Waals surface area contributed by atoms with E-state index < -0.39 is 11.9 Å². The summed E-state index contributed by atoms with van der Waals surface area (Å²) in [4.78, 5) is 23.8. The molecule has 0 heterocycles. The van der Waals surface area contributed by atoms with Crippen molar-refractivity contribution in [1.29, 1.82) is 0 Å². The number of para-hydroxylation sites is 2. The Kier molecular flexibility index (Phi) is 4.62. The second-order valence-electron chi connectivity index (χ2n) is 5.08. The zero-order valence-corrected chi connectivity index (χ0v) is 12.4. The van der Waals surface area contributed by atoms with Gasteiger partial charge in [-0.1, -0.05) is 19.1 Å². The minimum atomic E-state index is -0.710. The second kappa shape index (κ2) is 6.43. The van der Waals surface area contributed by atoms with Gasteiger partial charge in [0.2, 0.25) is 0 Å². The van der Waals surface area contributed by atoms with Gasteiger partial charge in [-0.3, -0.25) is 9.59 Å². The van der Waals surface area contributed by atoms with Crippen molar-refractivity contribution >= 4 is 17.4 Å². The molecule has 2 atom stereocenters. The number of allylic oxidation sites excluding steroid dienone is 2. The van der Waals surface area contributed by atoms with E-state index in [9.17, 15) is 9.59 Å². The number of hydrogen-bond acceptors (Lipinski definition) is 5. The van der Waals surface area contributed by atoms with Crippen molar-refractivity contribution in [1.82, 2.24) is 0 Å². The molecule has 0 amide bonds. The van der Waals surface area contributed by atoms with Crippen molar-refractivity contribution in [3.63, 3.8) is 0 Å². The molecule has 0 spiro atoms. The summed E-state index contributed by atoms with van der Waals surface area (Å²) in [6.07, 6.45) is 2.08. The zero-order chi connectivity index (χ0) is 15.4. The topological polar surface area (TPSA) is 64.6 Å². The largest absolute Gasteiger partial charge is 0.495 e. The van der Waals surface area contributed by atoms with Gasteiger partial charge in [0.15, 0.2) is 5.78 Å². The van der Waals surface area contributed by atoms with Crippen molar-refractivity contribution < 1.29 is 19.1 Å². The standard InChI is InChI=1S/C16H19NO4/c1-10-8-11(9-13(18)15(10)16(19)21-3)17-12-6-4-5-7-14(12)20-2/h4-7,9-10,15,17H,8H2,1-3H3/t10-,15+/m1/s1. The van der Waals surface area contributed by atoms with Gasteiger partial charge in [-0.15, -0.1) is 0 Å². The number of esters is 1. The molecule has 0 unspecified atom stereocenters. The zero-order valence-electron chi connectivity index (χ0n) is 12.4. The Morgan fingerprint density at radius 1 is 1.29 bits per heavy atom. The van der Waals surface area contributed by atoms with Crippen LogP contribution in [0.25, 0.3) is 0 Å². The van der Waals surface area contributed by atoms with Crippen LogP contribution in [0.15, 0.2) is 36.0 Å². The van der Waals surface area contributed by atoms with Crippen molar-refractivity contribution in [2.75, 3.05) is 19.5 Å². The highest BCUT2D eigenvalue weighted by molar-refractivity contribution is 6.06. The third-order valence-corrected chi connectivity index (χ3v) is 3.59. The number of carbonyl (C=O) groups excluding carboxylic acids is 2. The molecule has 5 heteroatoms. The highest BCUT2D eigenvalue weighted by atomic mass is 16.5. The molecule has 1 aliphatic carbocycles. The lowest BCUT2D eigenvalue weighted by molar-refractivity contribution is -0.150. The normalized spacial score (nSPS) is 21.5. The Balaban J connectivity index is 2.19. The molecule has 0 saturated heterocycles. The Labute approximate surface area is 123 Å². The lowest BCUT2D eigenvalue weighted by Gasteiger charge is -2.26. The summed E-state index contributed by atoms with van der Waals surface area (Å²) in [5, 5.41) is 3.20. The van der Waals surface area contributed by atoms with E-state index in [1.165, 1.54) is 13.2 Å². The summed E-state index contributed by atoms with van der Waals surface area (Å²) < 4.78 is 9.96. The summed E-state index contributed by atoms with van der Waals surface area (Å²) in [5.41, 5.74) is 1.57. The lowest BCUT2D eigenvalue weighted by Crippen LogP contribution is -2.34. The van der Waals surface area contributed by atoms with E-state index in [4.69, 9.17) is 9.47 Å². The highest BCUT2D eigenvalue weighted by Crippen LogP contribution is 2.31. The maximum atomic E-state index is 12.1. The van der Waals surface area contributed by atoms with Crippen LogP contribution in [0.2, 0.25) is 0 Å². The van der Waals surface area contributed by atoms with Crippen LogP contribution in [-0.4, -0.2) is 26.0 Å². The average Bonchev–Trinajstić information content (AvgIpc) is 2.46. The van der Waals surface area contributed by atoms with Gasteiger partial charge in [0, 0.05) is 11.8 Å². The van der Waals surface area contributed by atoms with Crippen LogP contribution < -0.4 is 10.1 Å². The van der Waals surface area contributed by atoms with Gasteiger partial charge in [0.05, 0.1) is 19.9 Å². The summed E-state index contributed by atoms with van der Waals surface area (Å²) in [6.45, 7) is 1.87. The molecule has 1 N–H and O–H groups in total. The van der Waals surface area contributed by atoms with E-state index >= 15 is 0 Å². The van der Waals surface area contributed by atoms with E-state index in [0.717, 1.165) is 11.4 Å². The molecule has 21 heavy (non-hydrogen) atoms. The molecule has 1 aliphatic rings.